The predicted molar refractivity (Wildman–Crippen MR) is 61.1 cm³/mol. The summed E-state index contributed by atoms with van der Waals surface area (Å²) in [6.45, 7) is 4.26. The van der Waals surface area contributed by atoms with E-state index in [9.17, 15) is 8.42 Å². The van der Waals surface area contributed by atoms with E-state index in [-0.39, 0.29) is 12.6 Å². The van der Waals surface area contributed by atoms with E-state index in [1.54, 1.807) is 7.11 Å². The minimum absolute atomic E-state index is 0.148. The molecule has 0 fully saturated rings. The number of ether oxygens (including phenoxy) is 1. The normalized spacial score (nSPS) is 16.3. The maximum Gasteiger partial charge on any atom is 0.216 e. The summed E-state index contributed by atoms with van der Waals surface area (Å²) in [5.41, 5.74) is 5.41. The quantitative estimate of drug-likeness (QED) is 0.627. The van der Waals surface area contributed by atoms with Crippen molar-refractivity contribution in [2.75, 3.05) is 20.3 Å². The van der Waals surface area contributed by atoms with E-state index in [0.717, 1.165) is 0 Å². The molecule has 0 saturated heterocycles. The molecule has 0 aliphatic heterocycles. The molecule has 0 bridgehead atoms. The van der Waals surface area contributed by atoms with Crippen molar-refractivity contribution in [3.05, 3.63) is 0 Å². The Balaban J connectivity index is 4.46. The van der Waals surface area contributed by atoms with Crippen molar-refractivity contribution in [1.82, 2.24) is 4.72 Å². The highest BCUT2D eigenvalue weighted by molar-refractivity contribution is 7.90. The fourth-order valence-electron chi connectivity index (χ4n) is 1.28. The lowest BCUT2D eigenvalue weighted by Crippen LogP contribution is -2.45. The van der Waals surface area contributed by atoms with Gasteiger partial charge in [-0.25, -0.2) is 13.1 Å². The van der Waals surface area contributed by atoms with Crippen LogP contribution in [0.25, 0.3) is 0 Å². The third-order valence-electron chi connectivity index (χ3n) is 2.35. The molecular formula is C9H22N2O3S. The molecule has 0 saturated carbocycles. The number of hydrogen-bond acceptors (Lipinski definition) is 4. The highest BCUT2D eigenvalue weighted by Crippen LogP contribution is 2.05. The first-order valence-electron chi connectivity index (χ1n) is 5.21. The number of methoxy groups -OCH3 is 1. The molecule has 5 nitrogen and oxygen atoms in total. The number of nitrogens with one attached hydrogen (secondary N) is 1. The average Bonchev–Trinajstić information content (AvgIpc) is 2.18. The van der Waals surface area contributed by atoms with Crippen molar-refractivity contribution in [2.24, 2.45) is 5.73 Å². The van der Waals surface area contributed by atoms with E-state index < -0.39 is 15.3 Å². The molecule has 15 heavy (non-hydrogen) atoms. The summed E-state index contributed by atoms with van der Waals surface area (Å²) >= 11 is 0. The molecule has 0 aliphatic carbocycles. The van der Waals surface area contributed by atoms with Gasteiger partial charge in [-0.05, 0) is 12.8 Å². The topological polar surface area (TPSA) is 81.4 Å². The molecule has 0 rings (SSSR count). The molecule has 0 amide bonds. The lowest BCUT2D eigenvalue weighted by Gasteiger charge is -2.20. The standard InChI is InChI=1S/C9H22N2O3S/c1-4-8(7-14-3)11-15(12,13)9(5-2)6-10/h8-9,11H,4-7,10H2,1-3H3. The first-order chi connectivity index (χ1) is 7.01. The molecule has 0 spiro atoms. The van der Waals surface area contributed by atoms with Crippen molar-refractivity contribution in [1.29, 1.82) is 0 Å². The second-order valence-electron chi connectivity index (χ2n) is 3.49. The van der Waals surface area contributed by atoms with E-state index in [4.69, 9.17) is 10.5 Å². The summed E-state index contributed by atoms with van der Waals surface area (Å²) < 4.78 is 31.1. The second kappa shape index (κ2) is 7.16. The number of hydrogen-bond donors (Lipinski definition) is 2. The summed E-state index contributed by atoms with van der Waals surface area (Å²) in [5, 5.41) is -0.511. The first kappa shape index (κ1) is 14.8. The van der Waals surface area contributed by atoms with Crippen molar-refractivity contribution >= 4 is 10.0 Å². The second-order valence-corrected chi connectivity index (χ2v) is 5.48. The predicted octanol–water partition coefficient (Wildman–Crippen LogP) is 0.0681. The summed E-state index contributed by atoms with van der Waals surface area (Å²) in [5.74, 6) is 0. The van der Waals surface area contributed by atoms with Crippen LogP contribution in [0.1, 0.15) is 26.7 Å². The van der Waals surface area contributed by atoms with E-state index in [0.29, 0.717) is 19.4 Å². The van der Waals surface area contributed by atoms with Gasteiger partial charge in [-0.3, -0.25) is 0 Å². The third-order valence-corrected chi connectivity index (χ3v) is 4.41. The van der Waals surface area contributed by atoms with Crippen molar-refractivity contribution in [3.63, 3.8) is 0 Å². The SMILES string of the molecule is CCC(COC)NS(=O)(=O)C(CC)CN. The van der Waals surface area contributed by atoms with E-state index in [2.05, 4.69) is 4.72 Å². The zero-order chi connectivity index (χ0) is 11.9. The van der Waals surface area contributed by atoms with Crippen LogP contribution in [0.2, 0.25) is 0 Å². The Hall–Kier alpha value is -0.170. The molecule has 2 unspecified atom stereocenters. The van der Waals surface area contributed by atoms with Crippen LogP contribution in [-0.2, 0) is 14.8 Å². The van der Waals surface area contributed by atoms with Gasteiger partial charge in [0.25, 0.3) is 0 Å². The van der Waals surface area contributed by atoms with Gasteiger partial charge in [-0.2, -0.15) is 0 Å². The molecular weight excluding hydrogens is 216 g/mol. The minimum Gasteiger partial charge on any atom is -0.383 e. The summed E-state index contributed by atoms with van der Waals surface area (Å²) in [4.78, 5) is 0. The Labute approximate surface area is 92.4 Å². The number of rotatable bonds is 8. The van der Waals surface area contributed by atoms with Gasteiger partial charge < -0.3 is 10.5 Å². The van der Waals surface area contributed by atoms with Gasteiger partial charge in [0.15, 0.2) is 0 Å². The van der Waals surface area contributed by atoms with Crippen molar-refractivity contribution in [3.8, 4) is 0 Å². The van der Waals surface area contributed by atoms with Crippen LogP contribution in [0.4, 0.5) is 0 Å². The van der Waals surface area contributed by atoms with Gasteiger partial charge in [0.05, 0.1) is 11.9 Å². The van der Waals surface area contributed by atoms with Crippen molar-refractivity contribution < 1.29 is 13.2 Å². The zero-order valence-electron chi connectivity index (χ0n) is 9.69. The van der Waals surface area contributed by atoms with Crippen LogP contribution in [-0.4, -0.2) is 40.0 Å². The Morgan fingerprint density at radius 1 is 1.33 bits per heavy atom. The largest absolute Gasteiger partial charge is 0.383 e. The van der Waals surface area contributed by atoms with Gasteiger partial charge in [-0.15, -0.1) is 0 Å². The van der Waals surface area contributed by atoms with Gasteiger partial charge in [0.1, 0.15) is 0 Å². The lowest BCUT2D eigenvalue weighted by atomic mass is 10.3. The first-order valence-corrected chi connectivity index (χ1v) is 6.76. The molecule has 0 aromatic rings. The summed E-state index contributed by atoms with van der Waals surface area (Å²) in [6.07, 6.45) is 1.23. The Morgan fingerprint density at radius 3 is 2.27 bits per heavy atom. The van der Waals surface area contributed by atoms with E-state index in [1.807, 2.05) is 13.8 Å². The lowest BCUT2D eigenvalue weighted by molar-refractivity contribution is 0.173. The van der Waals surface area contributed by atoms with Crippen molar-refractivity contribution in [2.45, 2.75) is 38.0 Å². The fourth-order valence-corrected chi connectivity index (χ4v) is 2.86. The van der Waals surface area contributed by atoms with Crippen LogP contribution in [0.5, 0.6) is 0 Å². The fraction of sp³-hybridized carbons (Fsp3) is 1.00. The maximum atomic E-state index is 11.8. The van der Waals surface area contributed by atoms with Gasteiger partial charge in [0, 0.05) is 19.7 Å². The Morgan fingerprint density at radius 2 is 1.93 bits per heavy atom. The Bertz CT molecular complexity index is 250. The molecule has 0 aliphatic rings. The molecule has 0 aromatic heterocycles. The molecule has 0 radical (unpaired) electrons. The third kappa shape index (κ3) is 4.92. The molecule has 2 atom stereocenters. The number of sulfonamides is 1. The smallest absolute Gasteiger partial charge is 0.216 e. The molecule has 3 N–H and O–H groups in total. The van der Waals surface area contributed by atoms with E-state index in [1.165, 1.54) is 0 Å². The minimum atomic E-state index is -3.31. The average molecular weight is 238 g/mol. The molecule has 92 valence electrons. The van der Waals surface area contributed by atoms with Gasteiger partial charge >= 0.3 is 0 Å². The summed E-state index contributed by atoms with van der Waals surface area (Å²) in [6, 6.07) is -0.166. The van der Waals surface area contributed by atoms with Gasteiger partial charge in [0.2, 0.25) is 10.0 Å². The van der Waals surface area contributed by atoms with Crippen LogP contribution < -0.4 is 10.5 Å². The van der Waals surface area contributed by atoms with Crippen LogP contribution >= 0.6 is 0 Å². The zero-order valence-corrected chi connectivity index (χ0v) is 10.5. The summed E-state index contributed by atoms with van der Waals surface area (Å²) in [7, 11) is -1.76. The monoisotopic (exact) mass is 238 g/mol. The highest BCUT2D eigenvalue weighted by atomic mass is 32.2. The molecule has 0 aromatic carbocycles. The Kier molecular flexibility index (Phi) is 7.08. The molecule has 0 heterocycles. The van der Waals surface area contributed by atoms with Crippen LogP contribution in [0.15, 0.2) is 0 Å². The van der Waals surface area contributed by atoms with Crippen LogP contribution in [0, 0.1) is 0 Å². The molecule has 6 heteroatoms. The highest BCUT2D eigenvalue weighted by Gasteiger charge is 2.24. The van der Waals surface area contributed by atoms with E-state index >= 15 is 0 Å². The number of nitrogens with two attached hydrogens (primary N) is 1. The van der Waals surface area contributed by atoms with Gasteiger partial charge in [-0.1, -0.05) is 13.8 Å². The van der Waals surface area contributed by atoms with Crippen LogP contribution in [0.3, 0.4) is 0 Å². The maximum absolute atomic E-state index is 11.8.